The maximum Gasteiger partial charge on any atom is 0.336 e. The second-order valence-electron chi connectivity index (χ2n) is 8.66. The van der Waals surface area contributed by atoms with Crippen LogP contribution < -0.4 is 11.2 Å². The molecular formula is C23H27N3O3S. The van der Waals surface area contributed by atoms with Crippen LogP contribution in [0.3, 0.4) is 0 Å². The molecule has 2 aromatic heterocycles. The van der Waals surface area contributed by atoms with E-state index in [4.69, 9.17) is 0 Å². The van der Waals surface area contributed by atoms with Crippen LogP contribution in [0.1, 0.15) is 31.4 Å². The summed E-state index contributed by atoms with van der Waals surface area (Å²) in [6.07, 6.45) is 1.11. The summed E-state index contributed by atoms with van der Waals surface area (Å²) in [5.41, 5.74) is 2.35. The molecule has 1 aliphatic rings. The molecule has 0 N–H and O–H groups in total. The zero-order valence-corrected chi connectivity index (χ0v) is 18.7. The Morgan fingerprint density at radius 1 is 1.07 bits per heavy atom. The Bertz CT molecular complexity index is 1230. The van der Waals surface area contributed by atoms with Gasteiger partial charge in [0, 0.05) is 13.1 Å². The molecule has 0 spiro atoms. The Hall–Kier alpha value is -2.67. The lowest BCUT2D eigenvalue weighted by atomic mass is 9.92. The molecule has 2 atom stereocenters. The SMILES string of the molecule is Cc1ccc(-n2c(=O)c3sccc3n(CC(=O)N3C[C@@H](C)C[C@H](C)C3)c2=O)cc1C. The van der Waals surface area contributed by atoms with Crippen LogP contribution in [-0.4, -0.2) is 33.0 Å². The number of hydrogen-bond acceptors (Lipinski definition) is 4. The lowest BCUT2D eigenvalue weighted by Crippen LogP contribution is -2.46. The van der Waals surface area contributed by atoms with Crippen molar-refractivity contribution in [3.05, 3.63) is 61.6 Å². The highest BCUT2D eigenvalue weighted by molar-refractivity contribution is 7.17. The normalized spacial score (nSPS) is 19.4. The molecule has 1 fully saturated rings. The van der Waals surface area contributed by atoms with E-state index in [2.05, 4.69) is 13.8 Å². The van der Waals surface area contributed by atoms with Crippen LogP contribution in [0, 0.1) is 25.7 Å². The zero-order chi connectivity index (χ0) is 21.6. The van der Waals surface area contributed by atoms with E-state index < -0.39 is 5.69 Å². The molecule has 0 unspecified atom stereocenters. The third-order valence-electron chi connectivity index (χ3n) is 6.02. The molecule has 0 bridgehead atoms. The van der Waals surface area contributed by atoms with Crippen LogP contribution in [-0.2, 0) is 11.3 Å². The Kier molecular flexibility index (Phi) is 5.40. The predicted molar refractivity (Wildman–Crippen MR) is 121 cm³/mol. The van der Waals surface area contributed by atoms with Gasteiger partial charge in [-0.05, 0) is 66.8 Å². The monoisotopic (exact) mass is 425 g/mol. The second kappa shape index (κ2) is 7.87. The number of fused-ring (bicyclic) bond motifs is 1. The number of nitrogens with zero attached hydrogens (tertiary/aromatic N) is 3. The van der Waals surface area contributed by atoms with Gasteiger partial charge in [0.2, 0.25) is 5.91 Å². The van der Waals surface area contributed by atoms with Crippen molar-refractivity contribution in [1.82, 2.24) is 14.0 Å². The minimum atomic E-state index is -0.472. The number of carbonyl (C=O) groups is 1. The molecule has 0 radical (unpaired) electrons. The van der Waals surface area contributed by atoms with Crippen molar-refractivity contribution in [3.63, 3.8) is 0 Å². The highest BCUT2D eigenvalue weighted by Gasteiger charge is 2.26. The molecule has 158 valence electrons. The van der Waals surface area contributed by atoms with Gasteiger partial charge in [0.1, 0.15) is 11.2 Å². The molecule has 3 aromatic rings. The van der Waals surface area contributed by atoms with Gasteiger partial charge in [-0.3, -0.25) is 14.2 Å². The number of aryl methyl sites for hydroxylation is 2. The maximum atomic E-state index is 13.4. The number of aromatic nitrogens is 2. The smallest absolute Gasteiger partial charge is 0.336 e. The number of thiophene rings is 1. The minimum absolute atomic E-state index is 0.0589. The predicted octanol–water partition coefficient (Wildman–Crippen LogP) is 3.34. The molecule has 0 saturated carbocycles. The van der Waals surface area contributed by atoms with Gasteiger partial charge in [0.15, 0.2) is 0 Å². The van der Waals surface area contributed by atoms with Gasteiger partial charge >= 0.3 is 5.69 Å². The Morgan fingerprint density at radius 2 is 1.77 bits per heavy atom. The summed E-state index contributed by atoms with van der Waals surface area (Å²) in [6, 6.07) is 7.28. The first-order valence-corrected chi connectivity index (χ1v) is 11.2. The fourth-order valence-corrected chi connectivity index (χ4v) is 5.26. The average molecular weight is 426 g/mol. The average Bonchev–Trinajstić information content (AvgIpc) is 3.17. The van der Waals surface area contributed by atoms with E-state index in [1.165, 1.54) is 20.5 Å². The van der Waals surface area contributed by atoms with Gasteiger partial charge in [-0.15, -0.1) is 11.3 Å². The number of carbonyl (C=O) groups excluding carboxylic acids is 1. The molecule has 1 aromatic carbocycles. The van der Waals surface area contributed by atoms with E-state index in [9.17, 15) is 14.4 Å². The van der Waals surface area contributed by atoms with Crippen molar-refractivity contribution >= 4 is 27.5 Å². The van der Waals surface area contributed by atoms with Gasteiger partial charge < -0.3 is 4.90 Å². The zero-order valence-electron chi connectivity index (χ0n) is 17.8. The molecule has 6 nitrogen and oxygen atoms in total. The van der Waals surface area contributed by atoms with Crippen LogP contribution in [0.4, 0.5) is 0 Å². The highest BCUT2D eigenvalue weighted by Crippen LogP contribution is 2.22. The van der Waals surface area contributed by atoms with Gasteiger partial charge in [0.25, 0.3) is 5.56 Å². The fraction of sp³-hybridized carbons (Fsp3) is 0.435. The number of piperidine rings is 1. The van der Waals surface area contributed by atoms with Crippen molar-refractivity contribution in [2.45, 2.75) is 40.7 Å². The molecule has 1 aliphatic heterocycles. The minimum Gasteiger partial charge on any atom is -0.341 e. The van der Waals surface area contributed by atoms with Gasteiger partial charge in [0.05, 0.1) is 11.2 Å². The summed E-state index contributed by atoms with van der Waals surface area (Å²) in [5, 5.41) is 1.79. The number of rotatable bonds is 3. The molecule has 4 rings (SSSR count). The van der Waals surface area contributed by atoms with Crippen LogP contribution in [0.2, 0.25) is 0 Å². The molecular weight excluding hydrogens is 398 g/mol. The van der Waals surface area contributed by atoms with Crippen LogP contribution in [0.25, 0.3) is 15.9 Å². The fourth-order valence-electron chi connectivity index (χ4n) is 4.43. The Labute approximate surface area is 179 Å². The van der Waals surface area contributed by atoms with Crippen LogP contribution in [0.5, 0.6) is 0 Å². The van der Waals surface area contributed by atoms with Crippen molar-refractivity contribution < 1.29 is 4.79 Å². The third-order valence-corrected chi connectivity index (χ3v) is 6.91. The van der Waals surface area contributed by atoms with E-state index in [0.29, 0.717) is 40.8 Å². The summed E-state index contributed by atoms with van der Waals surface area (Å²) in [6.45, 7) is 9.61. The van der Waals surface area contributed by atoms with Crippen molar-refractivity contribution in [2.24, 2.45) is 11.8 Å². The molecule has 7 heteroatoms. The first-order valence-electron chi connectivity index (χ1n) is 10.3. The van der Waals surface area contributed by atoms with Gasteiger partial charge in [-0.1, -0.05) is 19.9 Å². The standard InChI is InChI=1S/C23H27N3O3S/c1-14-9-15(2)12-24(11-14)20(27)13-25-19-7-8-30-21(19)22(28)26(23(25)29)18-6-5-16(3)17(4)10-18/h5-8,10,14-15H,9,11-13H2,1-4H3/t14-,15-/m0/s1. The summed E-state index contributed by atoms with van der Waals surface area (Å²) in [5.74, 6) is 0.813. The highest BCUT2D eigenvalue weighted by atomic mass is 32.1. The molecule has 3 heterocycles. The van der Waals surface area contributed by atoms with Gasteiger partial charge in [-0.2, -0.15) is 0 Å². The Balaban J connectivity index is 1.81. The number of amides is 1. The van der Waals surface area contributed by atoms with Crippen LogP contribution in [0.15, 0.2) is 39.2 Å². The van der Waals surface area contributed by atoms with E-state index in [1.54, 1.807) is 17.5 Å². The summed E-state index contributed by atoms with van der Waals surface area (Å²) in [4.78, 5) is 41.4. The van der Waals surface area contributed by atoms with Crippen molar-refractivity contribution in [3.8, 4) is 5.69 Å². The van der Waals surface area contributed by atoms with Gasteiger partial charge in [-0.25, -0.2) is 9.36 Å². The molecule has 0 aliphatic carbocycles. The summed E-state index contributed by atoms with van der Waals surface area (Å²) in [7, 11) is 0. The van der Waals surface area contributed by atoms with E-state index in [-0.39, 0.29) is 18.0 Å². The first kappa shape index (κ1) is 20.6. The maximum absolute atomic E-state index is 13.4. The lowest BCUT2D eigenvalue weighted by molar-refractivity contribution is -0.134. The number of benzene rings is 1. The summed E-state index contributed by atoms with van der Waals surface area (Å²) < 4.78 is 3.13. The molecule has 30 heavy (non-hydrogen) atoms. The second-order valence-corrected chi connectivity index (χ2v) is 9.57. The number of likely N-dealkylation sites (tertiary alicyclic amines) is 1. The quantitative estimate of drug-likeness (QED) is 0.647. The lowest BCUT2D eigenvalue weighted by Gasteiger charge is -2.35. The Morgan fingerprint density at radius 3 is 2.43 bits per heavy atom. The van der Waals surface area contributed by atoms with E-state index in [1.807, 2.05) is 30.9 Å². The first-order chi connectivity index (χ1) is 14.3. The molecule has 1 saturated heterocycles. The van der Waals surface area contributed by atoms with Crippen molar-refractivity contribution in [2.75, 3.05) is 13.1 Å². The summed E-state index contributed by atoms with van der Waals surface area (Å²) >= 11 is 1.30. The third kappa shape index (κ3) is 3.62. The topological polar surface area (TPSA) is 64.3 Å². The van der Waals surface area contributed by atoms with E-state index in [0.717, 1.165) is 17.5 Å². The number of hydrogen-bond donors (Lipinski definition) is 0. The van der Waals surface area contributed by atoms with Crippen LogP contribution >= 0.6 is 11.3 Å². The molecule has 1 amide bonds. The van der Waals surface area contributed by atoms with E-state index >= 15 is 0 Å². The largest absolute Gasteiger partial charge is 0.341 e. The van der Waals surface area contributed by atoms with Crippen molar-refractivity contribution in [1.29, 1.82) is 0 Å².